The lowest BCUT2D eigenvalue weighted by Gasteiger charge is -2.10. The number of benzene rings is 1. The molecule has 2 rings (SSSR count). The van der Waals surface area contributed by atoms with Gasteiger partial charge in [0.1, 0.15) is 11.6 Å². The van der Waals surface area contributed by atoms with E-state index in [1.807, 2.05) is 6.92 Å². The molecule has 1 atom stereocenters. The molecule has 1 aromatic heterocycles. The Balaban J connectivity index is 2.13. The van der Waals surface area contributed by atoms with Crippen LogP contribution in [-0.2, 0) is 0 Å². The Labute approximate surface area is 125 Å². The number of anilines is 1. The van der Waals surface area contributed by atoms with Crippen LogP contribution in [0.4, 0.5) is 10.2 Å². The van der Waals surface area contributed by atoms with Crippen molar-refractivity contribution < 1.29 is 4.39 Å². The summed E-state index contributed by atoms with van der Waals surface area (Å²) in [5, 5.41) is 11.2. The molecule has 1 unspecified atom stereocenters. The van der Waals surface area contributed by atoms with Crippen LogP contribution < -0.4 is 11.1 Å². The van der Waals surface area contributed by atoms with E-state index in [4.69, 9.17) is 5.73 Å². The molecule has 0 saturated carbocycles. The average Bonchev–Trinajstić information content (AvgIpc) is 2.48. The molecule has 20 heavy (non-hydrogen) atoms. The number of hydrogen-bond acceptors (Lipinski definition) is 4. The number of hydrogen-bond donors (Lipinski definition) is 2. The number of halogens is 2. The van der Waals surface area contributed by atoms with E-state index < -0.39 is 0 Å². The third-order valence-electron chi connectivity index (χ3n) is 2.90. The topological polar surface area (TPSA) is 63.8 Å². The van der Waals surface area contributed by atoms with E-state index in [9.17, 15) is 4.39 Å². The van der Waals surface area contributed by atoms with Gasteiger partial charge in [-0.1, -0.05) is 22.9 Å². The van der Waals surface area contributed by atoms with Crippen LogP contribution in [0.3, 0.4) is 0 Å². The lowest BCUT2D eigenvalue weighted by atomic mass is 10.1. The molecule has 1 aromatic carbocycles. The average molecular weight is 339 g/mol. The van der Waals surface area contributed by atoms with E-state index in [0.717, 1.165) is 11.0 Å². The van der Waals surface area contributed by atoms with Crippen molar-refractivity contribution in [1.29, 1.82) is 0 Å². The summed E-state index contributed by atoms with van der Waals surface area (Å²) >= 11 is 3.32. The summed E-state index contributed by atoms with van der Waals surface area (Å²) in [4.78, 5) is 0. The quantitative estimate of drug-likeness (QED) is 0.879. The molecule has 0 saturated heterocycles. The Morgan fingerprint density at radius 2 is 2.10 bits per heavy atom. The first kappa shape index (κ1) is 14.9. The molecule has 0 fully saturated rings. The molecule has 0 spiro atoms. The third kappa shape index (κ3) is 3.74. The van der Waals surface area contributed by atoms with Gasteiger partial charge < -0.3 is 11.1 Å². The van der Waals surface area contributed by atoms with Crippen molar-refractivity contribution in [3.8, 4) is 11.3 Å². The van der Waals surface area contributed by atoms with Gasteiger partial charge in [0, 0.05) is 16.6 Å². The van der Waals surface area contributed by atoms with E-state index in [-0.39, 0.29) is 5.82 Å². The molecular weight excluding hydrogens is 323 g/mol. The minimum absolute atomic E-state index is 0.319. The Bertz CT molecular complexity index is 574. The van der Waals surface area contributed by atoms with E-state index in [1.54, 1.807) is 24.3 Å². The maximum absolute atomic E-state index is 13.7. The Morgan fingerprint density at radius 3 is 2.75 bits per heavy atom. The molecule has 0 aliphatic heterocycles. The van der Waals surface area contributed by atoms with Crippen molar-refractivity contribution in [2.45, 2.75) is 6.92 Å². The van der Waals surface area contributed by atoms with Gasteiger partial charge in [-0.2, -0.15) is 0 Å². The van der Waals surface area contributed by atoms with Gasteiger partial charge in [0.15, 0.2) is 0 Å². The fourth-order valence-electron chi connectivity index (χ4n) is 1.63. The van der Waals surface area contributed by atoms with Gasteiger partial charge in [-0.15, -0.1) is 10.2 Å². The van der Waals surface area contributed by atoms with Crippen LogP contribution in [0.5, 0.6) is 0 Å². The molecule has 0 aliphatic carbocycles. The SMILES string of the molecule is CC(CN)CNc1ccc(-c2cc(Br)ccc2F)nn1. The fraction of sp³-hybridized carbons (Fsp3) is 0.286. The molecule has 0 amide bonds. The van der Waals surface area contributed by atoms with Gasteiger partial charge in [-0.3, -0.25) is 0 Å². The molecule has 0 aliphatic rings. The van der Waals surface area contributed by atoms with Crippen LogP contribution in [0, 0.1) is 11.7 Å². The second-order valence-electron chi connectivity index (χ2n) is 4.65. The highest BCUT2D eigenvalue weighted by atomic mass is 79.9. The second-order valence-corrected chi connectivity index (χ2v) is 5.57. The molecule has 6 heteroatoms. The van der Waals surface area contributed by atoms with Crippen LogP contribution in [0.1, 0.15) is 6.92 Å². The smallest absolute Gasteiger partial charge is 0.148 e. The van der Waals surface area contributed by atoms with Crippen molar-refractivity contribution in [1.82, 2.24) is 10.2 Å². The number of nitrogens with one attached hydrogen (secondary N) is 1. The highest BCUT2D eigenvalue weighted by Gasteiger charge is 2.08. The molecule has 106 valence electrons. The van der Waals surface area contributed by atoms with Gasteiger partial charge in [-0.05, 0) is 42.8 Å². The molecule has 0 radical (unpaired) electrons. The minimum Gasteiger partial charge on any atom is -0.368 e. The van der Waals surface area contributed by atoms with Gasteiger partial charge >= 0.3 is 0 Å². The summed E-state index contributed by atoms with van der Waals surface area (Å²) in [6.07, 6.45) is 0. The highest BCUT2D eigenvalue weighted by molar-refractivity contribution is 9.10. The summed E-state index contributed by atoms with van der Waals surface area (Å²) in [6, 6.07) is 8.26. The molecule has 4 nitrogen and oxygen atoms in total. The molecule has 3 N–H and O–H groups in total. The maximum atomic E-state index is 13.7. The van der Waals surface area contributed by atoms with Crippen molar-refractivity contribution >= 4 is 21.7 Å². The summed E-state index contributed by atoms with van der Waals surface area (Å²) in [7, 11) is 0. The van der Waals surface area contributed by atoms with Crippen molar-refractivity contribution in [2.75, 3.05) is 18.4 Å². The summed E-state index contributed by atoms with van der Waals surface area (Å²) in [5.74, 6) is 0.698. The first-order valence-corrected chi connectivity index (χ1v) is 7.12. The second kappa shape index (κ2) is 6.76. The summed E-state index contributed by atoms with van der Waals surface area (Å²) in [6.45, 7) is 3.39. The van der Waals surface area contributed by atoms with Crippen LogP contribution in [0.25, 0.3) is 11.3 Å². The van der Waals surface area contributed by atoms with E-state index in [1.165, 1.54) is 6.07 Å². The highest BCUT2D eigenvalue weighted by Crippen LogP contribution is 2.24. The zero-order chi connectivity index (χ0) is 14.5. The number of rotatable bonds is 5. The van der Waals surface area contributed by atoms with Gasteiger partial charge in [0.2, 0.25) is 0 Å². The fourth-order valence-corrected chi connectivity index (χ4v) is 1.99. The van der Waals surface area contributed by atoms with Gasteiger partial charge in [0.05, 0.1) is 5.69 Å². The number of nitrogens with zero attached hydrogens (tertiary/aromatic N) is 2. The zero-order valence-electron chi connectivity index (χ0n) is 11.1. The van der Waals surface area contributed by atoms with E-state index in [0.29, 0.717) is 29.5 Å². The van der Waals surface area contributed by atoms with E-state index >= 15 is 0 Å². The van der Waals surface area contributed by atoms with Crippen LogP contribution in [-0.4, -0.2) is 23.3 Å². The predicted molar refractivity (Wildman–Crippen MR) is 81.8 cm³/mol. The third-order valence-corrected chi connectivity index (χ3v) is 3.40. The first-order valence-electron chi connectivity index (χ1n) is 6.33. The molecule has 1 heterocycles. The molecular formula is C14H16BrFN4. The Kier molecular flexibility index (Phi) is 5.03. The lowest BCUT2D eigenvalue weighted by Crippen LogP contribution is -2.20. The number of nitrogens with two attached hydrogens (primary N) is 1. The molecule has 0 bridgehead atoms. The Morgan fingerprint density at radius 1 is 1.30 bits per heavy atom. The van der Waals surface area contributed by atoms with Crippen molar-refractivity contribution in [3.05, 3.63) is 40.6 Å². The van der Waals surface area contributed by atoms with Crippen LogP contribution >= 0.6 is 15.9 Å². The lowest BCUT2D eigenvalue weighted by molar-refractivity contribution is 0.625. The first-order chi connectivity index (χ1) is 9.60. The standard InChI is InChI=1S/C14H16BrFN4/c1-9(7-17)8-18-14-5-4-13(19-20-14)11-6-10(15)2-3-12(11)16/h2-6,9H,7-8,17H2,1H3,(H,18,20). The zero-order valence-corrected chi connectivity index (χ0v) is 12.7. The minimum atomic E-state index is -0.319. The van der Waals surface area contributed by atoms with Crippen molar-refractivity contribution in [3.63, 3.8) is 0 Å². The van der Waals surface area contributed by atoms with Crippen LogP contribution in [0.15, 0.2) is 34.8 Å². The van der Waals surface area contributed by atoms with Crippen molar-refractivity contribution in [2.24, 2.45) is 11.7 Å². The van der Waals surface area contributed by atoms with Gasteiger partial charge in [-0.25, -0.2) is 4.39 Å². The van der Waals surface area contributed by atoms with E-state index in [2.05, 4.69) is 31.4 Å². The van der Waals surface area contributed by atoms with Crippen LogP contribution in [0.2, 0.25) is 0 Å². The monoisotopic (exact) mass is 338 g/mol. The summed E-state index contributed by atoms with van der Waals surface area (Å²) < 4.78 is 14.5. The largest absolute Gasteiger partial charge is 0.368 e. The number of aromatic nitrogens is 2. The predicted octanol–water partition coefficient (Wildman–Crippen LogP) is 3.05. The summed E-state index contributed by atoms with van der Waals surface area (Å²) in [5.41, 5.74) is 6.47. The van der Waals surface area contributed by atoms with Gasteiger partial charge in [0.25, 0.3) is 0 Å². The molecule has 2 aromatic rings. The normalized spacial score (nSPS) is 12.2. The Hall–Kier alpha value is -1.53. The maximum Gasteiger partial charge on any atom is 0.148 e.